The Balaban J connectivity index is 4.03. The van der Waals surface area contributed by atoms with Crippen molar-refractivity contribution in [2.45, 2.75) is 58.4 Å². The molecule has 16 heavy (non-hydrogen) atoms. The maximum absolute atomic E-state index is 6.04. The van der Waals surface area contributed by atoms with Crippen LogP contribution >= 0.6 is 0 Å². The molecular weight excluding hydrogens is 216 g/mol. The third-order valence-corrected chi connectivity index (χ3v) is 7.74. The first kappa shape index (κ1) is 15.7. The molecule has 0 bridgehead atoms. The second-order valence-electron chi connectivity index (χ2n) is 5.51. The molecule has 0 saturated carbocycles. The first-order valence-electron chi connectivity index (χ1n) is 5.96. The Morgan fingerprint density at radius 1 is 1.31 bits per heavy atom. The molecule has 0 spiro atoms. The fourth-order valence-electron chi connectivity index (χ4n) is 1.05. The van der Waals surface area contributed by atoms with E-state index >= 15 is 0 Å². The SMILES string of the molecule is C#C[C@@H](CCO[Si](C)(C)C(C)(C)C)OCC. The lowest BCUT2D eigenvalue weighted by Gasteiger charge is -2.36. The Morgan fingerprint density at radius 2 is 1.88 bits per heavy atom. The molecule has 2 nitrogen and oxygen atoms in total. The third kappa shape index (κ3) is 5.15. The minimum absolute atomic E-state index is 0.102. The van der Waals surface area contributed by atoms with Crippen LogP contribution in [0.15, 0.2) is 0 Å². The zero-order chi connectivity index (χ0) is 12.8. The number of hydrogen-bond acceptors (Lipinski definition) is 2. The predicted molar refractivity (Wildman–Crippen MR) is 72.0 cm³/mol. The molecule has 0 heterocycles. The maximum atomic E-state index is 6.04. The standard InChI is InChI=1S/C13H26O2Si/c1-8-12(14-9-2)10-11-15-16(6,7)13(3,4)5/h1,12H,9-11H2,2-7H3/t12-/m0/s1. The van der Waals surface area contributed by atoms with Crippen molar-refractivity contribution in [1.29, 1.82) is 0 Å². The largest absolute Gasteiger partial charge is 0.417 e. The van der Waals surface area contributed by atoms with Gasteiger partial charge >= 0.3 is 0 Å². The van der Waals surface area contributed by atoms with Crippen molar-refractivity contribution in [2.75, 3.05) is 13.2 Å². The van der Waals surface area contributed by atoms with Crippen molar-refractivity contribution in [3.8, 4) is 12.3 Å². The van der Waals surface area contributed by atoms with E-state index in [2.05, 4.69) is 39.8 Å². The maximum Gasteiger partial charge on any atom is 0.191 e. The minimum Gasteiger partial charge on any atom is -0.417 e. The molecule has 0 aromatic rings. The van der Waals surface area contributed by atoms with Gasteiger partial charge in [-0.2, -0.15) is 0 Å². The molecule has 0 aliphatic rings. The fraction of sp³-hybridized carbons (Fsp3) is 0.846. The molecule has 0 aromatic heterocycles. The monoisotopic (exact) mass is 242 g/mol. The minimum atomic E-state index is -1.63. The number of terminal acetylenes is 1. The summed E-state index contributed by atoms with van der Waals surface area (Å²) in [5.41, 5.74) is 0. The molecule has 0 saturated heterocycles. The van der Waals surface area contributed by atoms with Crippen LogP contribution in [0.3, 0.4) is 0 Å². The topological polar surface area (TPSA) is 18.5 Å². The van der Waals surface area contributed by atoms with Crippen molar-refractivity contribution in [2.24, 2.45) is 0 Å². The van der Waals surface area contributed by atoms with Crippen molar-refractivity contribution in [3.63, 3.8) is 0 Å². The van der Waals surface area contributed by atoms with E-state index in [1.54, 1.807) is 0 Å². The molecule has 0 unspecified atom stereocenters. The zero-order valence-corrected chi connectivity index (χ0v) is 12.6. The summed E-state index contributed by atoms with van der Waals surface area (Å²) in [5.74, 6) is 2.64. The highest BCUT2D eigenvalue weighted by atomic mass is 28.4. The molecule has 0 N–H and O–H groups in total. The summed E-state index contributed by atoms with van der Waals surface area (Å²) in [6, 6.07) is 0. The molecule has 0 fully saturated rings. The second-order valence-corrected chi connectivity index (χ2v) is 10.3. The Morgan fingerprint density at radius 3 is 2.25 bits per heavy atom. The lowest BCUT2D eigenvalue weighted by Crippen LogP contribution is -2.41. The fourth-order valence-corrected chi connectivity index (χ4v) is 2.11. The van der Waals surface area contributed by atoms with Gasteiger partial charge in [0.25, 0.3) is 0 Å². The van der Waals surface area contributed by atoms with E-state index < -0.39 is 8.32 Å². The van der Waals surface area contributed by atoms with Gasteiger partial charge in [-0.1, -0.05) is 26.7 Å². The van der Waals surface area contributed by atoms with Crippen LogP contribution in [0.1, 0.15) is 34.1 Å². The molecule has 0 radical (unpaired) electrons. The van der Waals surface area contributed by atoms with Crippen LogP contribution in [0.4, 0.5) is 0 Å². The molecule has 0 rings (SSSR count). The van der Waals surface area contributed by atoms with Crippen molar-refractivity contribution in [1.82, 2.24) is 0 Å². The summed E-state index contributed by atoms with van der Waals surface area (Å²) in [6.45, 7) is 14.5. The molecule has 0 aromatic carbocycles. The summed E-state index contributed by atoms with van der Waals surface area (Å²) in [7, 11) is -1.63. The zero-order valence-electron chi connectivity index (χ0n) is 11.6. The van der Waals surface area contributed by atoms with E-state index in [4.69, 9.17) is 15.6 Å². The second kappa shape index (κ2) is 6.44. The summed E-state index contributed by atoms with van der Waals surface area (Å²) in [4.78, 5) is 0. The van der Waals surface area contributed by atoms with Crippen LogP contribution < -0.4 is 0 Å². The van der Waals surface area contributed by atoms with Crippen LogP contribution in [-0.4, -0.2) is 27.6 Å². The van der Waals surface area contributed by atoms with Crippen molar-refractivity contribution in [3.05, 3.63) is 0 Å². The molecule has 0 aliphatic carbocycles. The van der Waals surface area contributed by atoms with E-state index in [9.17, 15) is 0 Å². The van der Waals surface area contributed by atoms with Gasteiger partial charge in [-0.05, 0) is 25.1 Å². The number of rotatable bonds is 6. The highest BCUT2D eigenvalue weighted by molar-refractivity contribution is 6.74. The summed E-state index contributed by atoms with van der Waals surface area (Å²) < 4.78 is 11.4. The van der Waals surface area contributed by atoms with E-state index in [0.29, 0.717) is 13.2 Å². The molecule has 94 valence electrons. The average molecular weight is 242 g/mol. The Hall–Kier alpha value is -0.303. The summed E-state index contributed by atoms with van der Waals surface area (Å²) in [5, 5.41) is 0.254. The highest BCUT2D eigenvalue weighted by Crippen LogP contribution is 2.36. The van der Waals surface area contributed by atoms with Gasteiger partial charge in [-0.3, -0.25) is 0 Å². The molecule has 1 atom stereocenters. The van der Waals surface area contributed by atoms with E-state index in [1.807, 2.05) is 6.92 Å². The van der Waals surface area contributed by atoms with Gasteiger partial charge in [-0.15, -0.1) is 6.42 Å². The lowest BCUT2D eigenvalue weighted by atomic mass is 10.2. The van der Waals surface area contributed by atoms with Gasteiger partial charge in [0.1, 0.15) is 6.10 Å². The smallest absolute Gasteiger partial charge is 0.191 e. The normalized spacial score (nSPS) is 14.6. The van der Waals surface area contributed by atoms with Crippen LogP contribution in [0, 0.1) is 12.3 Å². The first-order chi connectivity index (χ1) is 7.24. The van der Waals surface area contributed by atoms with E-state index in [-0.39, 0.29) is 11.1 Å². The van der Waals surface area contributed by atoms with Crippen LogP contribution in [0.2, 0.25) is 18.1 Å². The Kier molecular flexibility index (Phi) is 6.31. The average Bonchev–Trinajstić information content (AvgIpc) is 2.14. The van der Waals surface area contributed by atoms with Crippen molar-refractivity contribution >= 4 is 8.32 Å². The number of hydrogen-bond donors (Lipinski definition) is 0. The first-order valence-corrected chi connectivity index (χ1v) is 8.87. The van der Waals surface area contributed by atoms with Crippen LogP contribution in [0.25, 0.3) is 0 Å². The summed E-state index contributed by atoms with van der Waals surface area (Å²) in [6.07, 6.45) is 6.06. The van der Waals surface area contributed by atoms with E-state index in [1.165, 1.54) is 0 Å². The van der Waals surface area contributed by atoms with E-state index in [0.717, 1.165) is 6.42 Å². The Labute approximate surface area is 102 Å². The van der Waals surface area contributed by atoms with Crippen molar-refractivity contribution < 1.29 is 9.16 Å². The lowest BCUT2D eigenvalue weighted by molar-refractivity contribution is 0.0832. The van der Waals surface area contributed by atoms with Crippen LogP contribution in [-0.2, 0) is 9.16 Å². The molecule has 0 amide bonds. The van der Waals surface area contributed by atoms with Gasteiger partial charge in [0.05, 0.1) is 0 Å². The van der Waals surface area contributed by atoms with Gasteiger partial charge in [0.15, 0.2) is 8.32 Å². The van der Waals surface area contributed by atoms with Gasteiger partial charge in [0.2, 0.25) is 0 Å². The molecule has 0 aliphatic heterocycles. The predicted octanol–water partition coefficient (Wildman–Crippen LogP) is 3.44. The van der Waals surface area contributed by atoms with Gasteiger partial charge in [-0.25, -0.2) is 0 Å². The molecular formula is C13H26O2Si. The van der Waals surface area contributed by atoms with Crippen LogP contribution in [0.5, 0.6) is 0 Å². The Bertz CT molecular complexity index is 235. The third-order valence-electron chi connectivity index (χ3n) is 3.20. The quantitative estimate of drug-likeness (QED) is 0.525. The highest BCUT2D eigenvalue weighted by Gasteiger charge is 2.36. The summed E-state index contributed by atoms with van der Waals surface area (Å²) >= 11 is 0. The van der Waals surface area contributed by atoms with Gasteiger partial charge < -0.3 is 9.16 Å². The number of ether oxygens (including phenoxy) is 1. The van der Waals surface area contributed by atoms with Gasteiger partial charge in [0, 0.05) is 19.6 Å². The molecule has 3 heteroatoms.